The van der Waals surface area contributed by atoms with Gasteiger partial charge in [-0.25, -0.2) is 4.39 Å². The van der Waals surface area contributed by atoms with Gasteiger partial charge in [-0.2, -0.15) is 0 Å². The summed E-state index contributed by atoms with van der Waals surface area (Å²) < 4.78 is 22.9. The van der Waals surface area contributed by atoms with Gasteiger partial charge in [0, 0.05) is 20.2 Å². The molecule has 0 radical (unpaired) electrons. The third-order valence-corrected chi connectivity index (χ3v) is 2.44. The van der Waals surface area contributed by atoms with Gasteiger partial charge in [-0.1, -0.05) is 0 Å². The molecule has 0 aliphatic rings. The second-order valence-corrected chi connectivity index (χ2v) is 4.17. The summed E-state index contributed by atoms with van der Waals surface area (Å²) in [5.41, 5.74) is 0. The third kappa shape index (κ3) is 5.95. The SMILES string of the molecule is COCC(O)CN(C)CCOc1ccc(F)cc1. The molecule has 1 atom stereocenters. The van der Waals surface area contributed by atoms with Crippen molar-refractivity contribution in [3.05, 3.63) is 30.1 Å². The normalized spacial score (nSPS) is 12.7. The number of nitrogens with zero attached hydrogens (tertiary/aromatic N) is 1. The van der Waals surface area contributed by atoms with Crippen LogP contribution in [0.15, 0.2) is 24.3 Å². The molecule has 18 heavy (non-hydrogen) atoms. The predicted octanol–water partition coefficient (Wildman–Crippen LogP) is 1.14. The van der Waals surface area contributed by atoms with E-state index in [4.69, 9.17) is 9.47 Å². The highest BCUT2D eigenvalue weighted by Crippen LogP contribution is 2.10. The number of aliphatic hydroxyl groups excluding tert-OH is 1. The molecule has 0 aliphatic carbocycles. The molecule has 0 bridgehead atoms. The molecule has 1 aromatic carbocycles. The van der Waals surface area contributed by atoms with Crippen molar-refractivity contribution < 1.29 is 19.0 Å². The molecule has 0 heterocycles. The Kier molecular flexibility index (Phi) is 6.64. The van der Waals surface area contributed by atoms with Gasteiger partial charge in [-0.3, -0.25) is 0 Å². The molecule has 4 nitrogen and oxygen atoms in total. The zero-order valence-electron chi connectivity index (χ0n) is 10.8. The minimum Gasteiger partial charge on any atom is -0.492 e. The quantitative estimate of drug-likeness (QED) is 0.758. The van der Waals surface area contributed by atoms with E-state index in [-0.39, 0.29) is 5.82 Å². The molecule has 0 aliphatic heterocycles. The molecule has 1 aromatic rings. The maximum Gasteiger partial charge on any atom is 0.123 e. The Balaban J connectivity index is 2.18. The lowest BCUT2D eigenvalue weighted by Crippen LogP contribution is -2.34. The second-order valence-electron chi connectivity index (χ2n) is 4.17. The molecular weight excluding hydrogens is 237 g/mol. The van der Waals surface area contributed by atoms with Crippen LogP contribution in [0.2, 0.25) is 0 Å². The number of hydrogen-bond acceptors (Lipinski definition) is 4. The molecule has 0 saturated carbocycles. The Bertz CT molecular complexity index is 332. The molecular formula is C13H20FNO3. The maximum atomic E-state index is 12.6. The van der Waals surface area contributed by atoms with E-state index in [0.717, 1.165) is 0 Å². The second kappa shape index (κ2) is 8.02. The van der Waals surface area contributed by atoms with E-state index in [1.807, 2.05) is 11.9 Å². The minimum absolute atomic E-state index is 0.276. The van der Waals surface area contributed by atoms with Gasteiger partial charge in [0.15, 0.2) is 0 Å². The number of halogens is 1. The Hall–Kier alpha value is -1.17. The van der Waals surface area contributed by atoms with Gasteiger partial charge < -0.3 is 19.5 Å². The number of benzene rings is 1. The number of hydrogen-bond donors (Lipinski definition) is 1. The first-order valence-electron chi connectivity index (χ1n) is 5.85. The highest BCUT2D eigenvalue weighted by Gasteiger charge is 2.07. The summed E-state index contributed by atoms with van der Waals surface area (Å²) in [6, 6.07) is 5.91. The van der Waals surface area contributed by atoms with E-state index in [1.165, 1.54) is 12.1 Å². The van der Waals surface area contributed by atoms with Gasteiger partial charge in [0.1, 0.15) is 18.2 Å². The van der Waals surface area contributed by atoms with Crippen molar-refractivity contribution >= 4 is 0 Å². The first-order valence-corrected chi connectivity index (χ1v) is 5.85. The number of likely N-dealkylation sites (N-methyl/N-ethyl adjacent to an activating group) is 1. The molecule has 1 N–H and O–H groups in total. The first-order chi connectivity index (χ1) is 8.61. The lowest BCUT2D eigenvalue weighted by Gasteiger charge is -2.20. The van der Waals surface area contributed by atoms with Gasteiger partial charge >= 0.3 is 0 Å². The molecule has 1 unspecified atom stereocenters. The molecule has 1 rings (SSSR count). The van der Waals surface area contributed by atoms with Gasteiger partial charge in [0.25, 0.3) is 0 Å². The van der Waals surface area contributed by atoms with E-state index in [9.17, 15) is 9.50 Å². The van der Waals surface area contributed by atoms with Crippen molar-refractivity contribution in [3.8, 4) is 5.75 Å². The van der Waals surface area contributed by atoms with Gasteiger partial charge in [0.2, 0.25) is 0 Å². The zero-order chi connectivity index (χ0) is 13.4. The van der Waals surface area contributed by atoms with Crippen molar-refractivity contribution in [2.45, 2.75) is 6.10 Å². The summed E-state index contributed by atoms with van der Waals surface area (Å²) >= 11 is 0. The number of methoxy groups -OCH3 is 1. The molecule has 5 heteroatoms. The monoisotopic (exact) mass is 257 g/mol. The van der Waals surface area contributed by atoms with E-state index in [2.05, 4.69) is 0 Å². The van der Waals surface area contributed by atoms with Crippen molar-refractivity contribution in [1.82, 2.24) is 4.90 Å². The Labute approximate surface area is 107 Å². The van der Waals surface area contributed by atoms with Gasteiger partial charge in [-0.15, -0.1) is 0 Å². The number of aliphatic hydroxyl groups is 1. The fourth-order valence-electron chi connectivity index (χ4n) is 1.55. The van der Waals surface area contributed by atoms with E-state index in [0.29, 0.717) is 32.1 Å². The molecule has 0 aromatic heterocycles. The van der Waals surface area contributed by atoms with Crippen LogP contribution in [0.4, 0.5) is 4.39 Å². The van der Waals surface area contributed by atoms with Crippen LogP contribution in [-0.4, -0.2) is 56.6 Å². The highest BCUT2D eigenvalue weighted by atomic mass is 19.1. The third-order valence-electron chi connectivity index (χ3n) is 2.44. The Morgan fingerprint density at radius 1 is 1.33 bits per heavy atom. The highest BCUT2D eigenvalue weighted by molar-refractivity contribution is 5.21. The molecule has 0 fully saturated rings. The summed E-state index contributed by atoms with van der Waals surface area (Å²) in [6.07, 6.45) is -0.495. The van der Waals surface area contributed by atoms with Crippen LogP contribution in [0.3, 0.4) is 0 Å². The van der Waals surface area contributed by atoms with E-state index in [1.54, 1.807) is 19.2 Å². The van der Waals surface area contributed by atoms with Crippen molar-refractivity contribution in [2.24, 2.45) is 0 Å². The lowest BCUT2D eigenvalue weighted by molar-refractivity contribution is 0.0410. The predicted molar refractivity (Wildman–Crippen MR) is 67.3 cm³/mol. The van der Waals surface area contributed by atoms with Crippen LogP contribution < -0.4 is 4.74 Å². The lowest BCUT2D eigenvalue weighted by atomic mass is 10.3. The average molecular weight is 257 g/mol. The number of rotatable bonds is 8. The van der Waals surface area contributed by atoms with E-state index < -0.39 is 6.10 Å². The van der Waals surface area contributed by atoms with Crippen molar-refractivity contribution in [2.75, 3.05) is 40.5 Å². The molecule has 102 valence electrons. The van der Waals surface area contributed by atoms with Crippen LogP contribution in [0.1, 0.15) is 0 Å². The standard InChI is InChI=1S/C13H20FNO3/c1-15(9-12(16)10-17-2)7-8-18-13-5-3-11(14)4-6-13/h3-6,12,16H,7-10H2,1-2H3. The van der Waals surface area contributed by atoms with Crippen LogP contribution in [-0.2, 0) is 4.74 Å². The van der Waals surface area contributed by atoms with Crippen molar-refractivity contribution in [1.29, 1.82) is 0 Å². The van der Waals surface area contributed by atoms with Crippen LogP contribution in [0, 0.1) is 5.82 Å². The topological polar surface area (TPSA) is 41.9 Å². The average Bonchev–Trinajstić information content (AvgIpc) is 2.32. The fraction of sp³-hybridized carbons (Fsp3) is 0.538. The minimum atomic E-state index is -0.495. The number of ether oxygens (including phenoxy) is 2. The van der Waals surface area contributed by atoms with Crippen molar-refractivity contribution in [3.63, 3.8) is 0 Å². The Morgan fingerprint density at radius 2 is 2.00 bits per heavy atom. The smallest absolute Gasteiger partial charge is 0.123 e. The first kappa shape index (κ1) is 14.9. The fourth-order valence-corrected chi connectivity index (χ4v) is 1.55. The largest absolute Gasteiger partial charge is 0.492 e. The maximum absolute atomic E-state index is 12.6. The summed E-state index contributed by atoms with van der Waals surface area (Å²) in [5.74, 6) is 0.365. The summed E-state index contributed by atoms with van der Waals surface area (Å²) in [6.45, 7) is 2.02. The summed E-state index contributed by atoms with van der Waals surface area (Å²) in [4.78, 5) is 1.95. The molecule has 0 saturated heterocycles. The molecule has 0 spiro atoms. The zero-order valence-corrected chi connectivity index (χ0v) is 10.8. The van der Waals surface area contributed by atoms with Crippen LogP contribution >= 0.6 is 0 Å². The Morgan fingerprint density at radius 3 is 2.61 bits per heavy atom. The molecule has 0 amide bonds. The van der Waals surface area contributed by atoms with E-state index >= 15 is 0 Å². The van der Waals surface area contributed by atoms with Crippen LogP contribution in [0.5, 0.6) is 5.75 Å². The summed E-state index contributed by atoms with van der Waals surface area (Å²) in [7, 11) is 3.45. The summed E-state index contributed by atoms with van der Waals surface area (Å²) in [5, 5.41) is 9.52. The van der Waals surface area contributed by atoms with Gasteiger partial charge in [-0.05, 0) is 31.3 Å². The van der Waals surface area contributed by atoms with Gasteiger partial charge in [0.05, 0.1) is 12.7 Å². The van der Waals surface area contributed by atoms with Crippen LogP contribution in [0.25, 0.3) is 0 Å².